The number of nitrogen functional groups attached to an aromatic ring is 1. The van der Waals surface area contributed by atoms with Crippen LogP contribution < -0.4 is 15.4 Å². The number of rotatable bonds is 5. The first-order valence-corrected chi connectivity index (χ1v) is 8.76. The van der Waals surface area contributed by atoms with Crippen molar-refractivity contribution < 1.29 is 4.74 Å². The quantitative estimate of drug-likeness (QED) is 0.762. The van der Waals surface area contributed by atoms with Gasteiger partial charge in [0.1, 0.15) is 11.6 Å². The molecule has 3 heterocycles. The minimum atomic E-state index is 0.298. The van der Waals surface area contributed by atoms with Crippen LogP contribution in [0.15, 0.2) is 42.7 Å². The molecule has 0 bridgehead atoms. The van der Waals surface area contributed by atoms with Crippen molar-refractivity contribution in [3.05, 3.63) is 48.3 Å². The Balaban J connectivity index is 1.55. The molecule has 3 aromatic rings. The number of methoxy groups -OCH3 is 1. The van der Waals surface area contributed by atoms with Gasteiger partial charge in [0.15, 0.2) is 0 Å². The number of benzene rings is 1. The Labute approximate surface area is 152 Å². The molecule has 2 aromatic heterocycles. The first-order valence-electron chi connectivity index (χ1n) is 8.76. The van der Waals surface area contributed by atoms with Crippen molar-refractivity contribution in [3.63, 3.8) is 0 Å². The number of hydrogen-bond donors (Lipinski definition) is 1. The molecule has 0 unspecified atom stereocenters. The highest BCUT2D eigenvalue weighted by Gasteiger charge is 2.16. The summed E-state index contributed by atoms with van der Waals surface area (Å²) in [6.45, 7) is 2.72. The minimum absolute atomic E-state index is 0.298. The number of nitrogens with zero attached hydrogens (tertiary/aromatic N) is 5. The Hall–Kier alpha value is -3.09. The van der Waals surface area contributed by atoms with E-state index in [0.717, 1.165) is 41.5 Å². The van der Waals surface area contributed by atoms with Crippen molar-refractivity contribution in [1.82, 2.24) is 19.7 Å². The number of anilines is 2. The molecule has 7 heteroatoms. The molecular weight excluding hydrogens is 328 g/mol. The minimum Gasteiger partial charge on any atom is -0.497 e. The van der Waals surface area contributed by atoms with Gasteiger partial charge in [-0.25, -0.2) is 4.98 Å². The Morgan fingerprint density at radius 2 is 1.88 bits per heavy atom. The molecule has 4 rings (SSSR count). The highest BCUT2D eigenvalue weighted by Crippen LogP contribution is 2.25. The van der Waals surface area contributed by atoms with Crippen molar-refractivity contribution in [2.24, 2.45) is 0 Å². The number of hydrogen-bond acceptors (Lipinski definition) is 6. The molecule has 1 fully saturated rings. The largest absolute Gasteiger partial charge is 0.497 e. The Morgan fingerprint density at radius 1 is 1.12 bits per heavy atom. The van der Waals surface area contributed by atoms with Gasteiger partial charge in [0, 0.05) is 30.9 Å². The molecule has 0 radical (unpaired) electrons. The van der Waals surface area contributed by atoms with Crippen LogP contribution in [0.25, 0.3) is 11.3 Å². The summed E-state index contributed by atoms with van der Waals surface area (Å²) in [5.41, 5.74) is 8.83. The summed E-state index contributed by atoms with van der Waals surface area (Å²) < 4.78 is 7.09. The second kappa shape index (κ2) is 7.03. The Morgan fingerprint density at radius 3 is 2.62 bits per heavy atom. The van der Waals surface area contributed by atoms with Gasteiger partial charge in [0.25, 0.3) is 0 Å². The van der Waals surface area contributed by atoms with Gasteiger partial charge < -0.3 is 15.4 Å². The standard InChI is InChI=1S/C19H22N6O/c1-26-16-6-4-14(5-7-16)12-25-13-15(11-21-25)17-10-18(23-19(20)22-17)24-8-2-3-9-24/h4-7,10-11,13H,2-3,8-9,12H2,1H3,(H2,20,22,23). The summed E-state index contributed by atoms with van der Waals surface area (Å²) in [5.74, 6) is 2.04. The molecule has 1 saturated heterocycles. The predicted octanol–water partition coefficient (Wildman–Crippen LogP) is 2.58. The van der Waals surface area contributed by atoms with Crippen LogP contribution in [0.3, 0.4) is 0 Å². The van der Waals surface area contributed by atoms with Crippen LogP contribution in [0.1, 0.15) is 18.4 Å². The normalized spacial score (nSPS) is 14.0. The third-order valence-corrected chi connectivity index (χ3v) is 4.59. The molecule has 0 amide bonds. The maximum absolute atomic E-state index is 5.93. The zero-order chi connectivity index (χ0) is 17.9. The lowest BCUT2D eigenvalue weighted by atomic mass is 10.2. The van der Waals surface area contributed by atoms with Gasteiger partial charge in [-0.05, 0) is 30.5 Å². The van der Waals surface area contributed by atoms with E-state index in [1.807, 2.05) is 47.4 Å². The molecule has 1 aromatic carbocycles. The zero-order valence-electron chi connectivity index (χ0n) is 14.8. The smallest absolute Gasteiger partial charge is 0.222 e. The highest BCUT2D eigenvalue weighted by atomic mass is 16.5. The topological polar surface area (TPSA) is 82.1 Å². The van der Waals surface area contributed by atoms with Gasteiger partial charge in [0.05, 0.1) is 25.5 Å². The average molecular weight is 350 g/mol. The Bertz CT molecular complexity index is 883. The number of nitrogens with two attached hydrogens (primary N) is 1. The second-order valence-corrected chi connectivity index (χ2v) is 6.44. The van der Waals surface area contributed by atoms with Crippen molar-refractivity contribution in [2.75, 3.05) is 30.8 Å². The fourth-order valence-corrected chi connectivity index (χ4v) is 3.21. The van der Waals surface area contributed by atoms with Crippen LogP contribution >= 0.6 is 0 Å². The molecule has 26 heavy (non-hydrogen) atoms. The van der Waals surface area contributed by atoms with Gasteiger partial charge in [-0.2, -0.15) is 10.1 Å². The summed E-state index contributed by atoms with van der Waals surface area (Å²) in [7, 11) is 1.67. The summed E-state index contributed by atoms with van der Waals surface area (Å²) >= 11 is 0. The van der Waals surface area contributed by atoms with Gasteiger partial charge in [-0.1, -0.05) is 12.1 Å². The zero-order valence-corrected chi connectivity index (χ0v) is 14.8. The van der Waals surface area contributed by atoms with Crippen LogP contribution in [0.5, 0.6) is 5.75 Å². The second-order valence-electron chi connectivity index (χ2n) is 6.44. The van der Waals surface area contributed by atoms with Crippen LogP contribution in [0, 0.1) is 0 Å². The third kappa shape index (κ3) is 3.46. The SMILES string of the molecule is COc1ccc(Cn2cc(-c3cc(N4CCCC4)nc(N)n3)cn2)cc1. The highest BCUT2D eigenvalue weighted by molar-refractivity contribution is 5.63. The lowest BCUT2D eigenvalue weighted by Gasteiger charge is -2.16. The molecule has 134 valence electrons. The molecule has 0 saturated carbocycles. The van der Waals surface area contributed by atoms with Crippen molar-refractivity contribution in [3.8, 4) is 17.0 Å². The average Bonchev–Trinajstić information content (AvgIpc) is 3.34. The van der Waals surface area contributed by atoms with Gasteiger partial charge >= 0.3 is 0 Å². The van der Waals surface area contributed by atoms with E-state index >= 15 is 0 Å². The van der Waals surface area contributed by atoms with E-state index < -0.39 is 0 Å². The summed E-state index contributed by atoms with van der Waals surface area (Å²) in [6, 6.07) is 9.97. The van der Waals surface area contributed by atoms with Crippen LogP contribution in [0.2, 0.25) is 0 Å². The lowest BCUT2D eigenvalue weighted by Crippen LogP contribution is -2.19. The van der Waals surface area contributed by atoms with E-state index in [0.29, 0.717) is 12.5 Å². The maximum atomic E-state index is 5.93. The van der Waals surface area contributed by atoms with E-state index in [4.69, 9.17) is 10.5 Å². The maximum Gasteiger partial charge on any atom is 0.222 e. The fourth-order valence-electron chi connectivity index (χ4n) is 3.21. The molecule has 2 N–H and O–H groups in total. The van der Waals surface area contributed by atoms with E-state index in [1.54, 1.807) is 7.11 Å². The number of aromatic nitrogens is 4. The molecule has 1 aliphatic rings. The van der Waals surface area contributed by atoms with E-state index in [9.17, 15) is 0 Å². The number of ether oxygens (including phenoxy) is 1. The van der Waals surface area contributed by atoms with Crippen LogP contribution in [0.4, 0.5) is 11.8 Å². The monoisotopic (exact) mass is 350 g/mol. The Kier molecular flexibility index (Phi) is 4.43. The summed E-state index contributed by atoms with van der Waals surface area (Å²) in [5, 5.41) is 4.46. The molecular formula is C19H22N6O. The van der Waals surface area contributed by atoms with Crippen LogP contribution in [-0.2, 0) is 6.54 Å². The molecule has 7 nitrogen and oxygen atoms in total. The fraction of sp³-hybridized carbons (Fsp3) is 0.316. The molecule has 1 aliphatic heterocycles. The predicted molar refractivity (Wildman–Crippen MR) is 101 cm³/mol. The van der Waals surface area contributed by atoms with Crippen molar-refractivity contribution >= 4 is 11.8 Å². The molecule has 0 atom stereocenters. The molecule has 0 aliphatic carbocycles. The van der Waals surface area contributed by atoms with Crippen molar-refractivity contribution in [1.29, 1.82) is 0 Å². The first-order chi connectivity index (χ1) is 12.7. The van der Waals surface area contributed by atoms with E-state index in [2.05, 4.69) is 20.0 Å². The summed E-state index contributed by atoms with van der Waals surface area (Å²) in [6.07, 6.45) is 6.19. The third-order valence-electron chi connectivity index (χ3n) is 4.59. The first kappa shape index (κ1) is 16.4. The van der Waals surface area contributed by atoms with E-state index in [-0.39, 0.29) is 0 Å². The van der Waals surface area contributed by atoms with Gasteiger partial charge in [0.2, 0.25) is 5.95 Å². The summed E-state index contributed by atoms with van der Waals surface area (Å²) in [4.78, 5) is 11.0. The van der Waals surface area contributed by atoms with Crippen LogP contribution in [-0.4, -0.2) is 39.9 Å². The van der Waals surface area contributed by atoms with E-state index in [1.165, 1.54) is 12.8 Å². The molecule has 0 spiro atoms. The lowest BCUT2D eigenvalue weighted by molar-refractivity contribution is 0.414. The van der Waals surface area contributed by atoms with Gasteiger partial charge in [-0.3, -0.25) is 4.68 Å². The van der Waals surface area contributed by atoms with Crippen molar-refractivity contribution in [2.45, 2.75) is 19.4 Å². The van der Waals surface area contributed by atoms with Gasteiger partial charge in [-0.15, -0.1) is 0 Å².